The molecule has 0 radical (unpaired) electrons. The van der Waals surface area contributed by atoms with Gasteiger partial charge in [-0.2, -0.15) is 0 Å². The largest absolute Gasteiger partial charge is 0.363 e. The first-order valence-corrected chi connectivity index (χ1v) is 7.29. The fourth-order valence-electron chi connectivity index (χ4n) is 2.41. The van der Waals surface area contributed by atoms with Gasteiger partial charge in [0.15, 0.2) is 0 Å². The fourth-order valence-corrected chi connectivity index (χ4v) is 2.41. The molecular formula is C18H15NO4. The van der Waals surface area contributed by atoms with Crippen LogP contribution in [-0.2, 0) is 4.84 Å². The van der Waals surface area contributed by atoms with E-state index in [4.69, 9.17) is 4.84 Å². The molecule has 0 aromatic heterocycles. The van der Waals surface area contributed by atoms with Crippen LogP contribution < -0.4 is 0 Å². The van der Waals surface area contributed by atoms with Crippen LogP contribution in [0.2, 0.25) is 0 Å². The molecule has 5 heteroatoms. The third kappa shape index (κ3) is 2.61. The Morgan fingerprint density at radius 3 is 2.13 bits per heavy atom. The summed E-state index contributed by atoms with van der Waals surface area (Å²) in [5.74, 6) is -1.73. The number of hydroxylamine groups is 2. The van der Waals surface area contributed by atoms with Crippen molar-refractivity contribution in [3.63, 3.8) is 0 Å². The van der Waals surface area contributed by atoms with Crippen molar-refractivity contribution in [2.45, 2.75) is 19.8 Å². The van der Waals surface area contributed by atoms with E-state index in [1.165, 1.54) is 12.1 Å². The second kappa shape index (κ2) is 5.68. The molecule has 0 bridgehead atoms. The van der Waals surface area contributed by atoms with Gasteiger partial charge in [0.25, 0.3) is 11.8 Å². The predicted molar refractivity (Wildman–Crippen MR) is 82.9 cm³/mol. The monoisotopic (exact) mass is 309 g/mol. The molecule has 0 atom stereocenters. The molecule has 0 aliphatic carbocycles. The zero-order chi connectivity index (χ0) is 16.6. The van der Waals surface area contributed by atoms with Gasteiger partial charge in [0.2, 0.25) is 0 Å². The number of amides is 2. The average molecular weight is 309 g/mol. The molecular weight excluding hydrogens is 294 g/mol. The van der Waals surface area contributed by atoms with Crippen LogP contribution in [0.15, 0.2) is 48.5 Å². The highest BCUT2D eigenvalue weighted by molar-refractivity contribution is 6.21. The second-order valence-electron chi connectivity index (χ2n) is 5.61. The Morgan fingerprint density at radius 1 is 0.957 bits per heavy atom. The van der Waals surface area contributed by atoms with Gasteiger partial charge in [0.1, 0.15) is 0 Å². The summed E-state index contributed by atoms with van der Waals surface area (Å²) in [5.41, 5.74) is 1.75. The number of nitrogens with zero attached hydrogens (tertiary/aromatic N) is 1. The number of imide groups is 1. The second-order valence-corrected chi connectivity index (χ2v) is 5.61. The van der Waals surface area contributed by atoms with Crippen LogP contribution in [0.5, 0.6) is 0 Å². The maximum absolute atomic E-state index is 12.2. The first-order valence-electron chi connectivity index (χ1n) is 7.29. The van der Waals surface area contributed by atoms with Gasteiger partial charge in [-0.25, -0.2) is 4.79 Å². The van der Waals surface area contributed by atoms with Gasteiger partial charge in [-0.15, -0.1) is 0 Å². The van der Waals surface area contributed by atoms with Crippen LogP contribution >= 0.6 is 0 Å². The lowest BCUT2D eigenvalue weighted by Gasteiger charge is -2.13. The van der Waals surface area contributed by atoms with Crippen LogP contribution in [0, 0.1) is 0 Å². The molecule has 23 heavy (non-hydrogen) atoms. The number of carbonyl (C=O) groups excluding carboxylic acids is 3. The fraction of sp³-hybridized carbons (Fsp3) is 0.167. The van der Waals surface area contributed by atoms with Crippen molar-refractivity contribution in [1.29, 1.82) is 0 Å². The maximum Gasteiger partial charge on any atom is 0.363 e. The SMILES string of the molecule is CC(C)c1cccc(C(=O)ON2C(=O)c3ccccc3C2=O)c1. The Morgan fingerprint density at radius 2 is 1.57 bits per heavy atom. The zero-order valence-electron chi connectivity index (χ0n) is 12.8. The molecule has 2 amide bonds. The number of hydrogen-bond acceptors (Lipinski definition) is 4. The van der Waals surface area contributed by atoms with Gasteiger partial charge in [0.05, 0.1) is 16.7 Å². The molecule has 2 aromatic rings. The minimum atomic E-state index is -0.734. The van der Waals surface area contributed by atoms with E-state index in [1.54, 1.807) is 30.3 Å². The van der Waals surface area contributed by atoms with Gasteiger partial charge in [-0.1, -0.05) is 43.2 Å². The van der Waals surface area contributed by atoms with E-state index < -0.39 is 17.8 Å². The van der Waals surface area contributed by atoms with Crippen LogP contribution in [0.4, 0.5) is 0 Å². The highest BCUT2D eigenvalue weighted by Gasteiger charge is 2.38. The molecule has 0 unspecified atom stereocenters. The normalized spacial score (nSPS) is 13.4. The van der Waals surface area contributed by atoms with E-state index in [9.17, 15) is 14.4 Å². The molecule has 116 valence electrons. The molecule has 3 rings (SSSR count). The Bertz CT molecular complexity index is 775. The molecule has 0 saturated heterocycles. The Kier molecular flexibility index (Phi) is 3.70. The van der Waals surface area contributed by atoms with E-state index in [2.05, 4.69) is 0 Å². The van der Waals surface area contributed by atoms with Gasteiger partial charge in [-0.3, -0.25) is 9.59 Å². The lowest BCUT2D eigenvalue weighted by molar-refractivity contribution is -0.0584. The smallest absolute Gasteiger partial charge is 0.324 e. The maximum atomic E-state index is 12.2. The molecule has 0 fully saturated rings. The van der Waals surface area contributed by atoms with Crippen molar-refractivity contribution in [3.8, 4) is 0 Å². The predicted octanol–water partition coefficient (Wildman–Crippen LogP) is 3.18. The summed E-state index contributed by atoms with van der Waals surface area (Å²) in [6.07, 6.45) is 0. The van der Waals surface area contributed by atoms with Crippen molar-refractivity contribution < 1.29 is 19.2 Å². The Labute approximate surface area is 133 Å². The van der Waals surface area contributed by atoms with E-state index in [1.807, 2.05) is 19.9 Å². The number of benzene rings is 2. The molecule has 1 aliphatic rings. The minimum Gasteiger partial charge on any atom is -0.324 e. The summed E-state index contributed by atoms with van der Waals surface area (Å²) in [7, 11) is 0. The first kappa shape index (κ1) is 15.0. The summed E-state index contributed by atoms with van der Waals surface area (Å²) < 4.78 is 0. The third-order valence-electron chi connectivity index (χ3n) is 3.72. The van der Waals surface area contributed by atoms with Crippen molar-refractivity contribution in [2.24, 2.45) is 0 Å². The van der Waals surface area contributed by atoms with Gasteiger partial charge >= 0.3 is 5.97 Å². The molecule has 5 nitrogen and oxygen atoms in total. The lowest BCUT2D eigenvalue weighted by Crippen LogP contribution is -2.32. The van der Waals surface area contributed by atoms with Crippen LogP contribution in [-0.4, -0.2) is 22.8 Å². The van der Waals surface area contributed by atoms with E-state index >= 15 is 0 Å². The van der Waals surface area contributed by atoms with Gasteiger partial charge in [-0.05, 0) is 35.7 Å². The van der Waals surface area contributed by atoms with Crippen molar-refractivity contribution in [3.05, 3.63) is 70.8 Å². The first-order chi connectivity index (χ1) is 11.0. The Balaban J connectivity index is 1.83. The van der Waals surface area contributed by atoms with Crippen molar-refractivity contribution in [1.82, 2.24) is 5.06 Å². The van der Waals surface area contributed by atoms with Crippen molar-refractivity contribution >= 4 is 17.8 Å². The zero-order valence-corrected chi connectivity index (χ0v) is 12.8. The van der Waals surface area contributed by atoms with Crippen LogP contribution in [0.3, 0.4) is 0 Å². The lowest BCUT2D eigenvalue weighted by atomic mass is 10.0. The summed E-state index contributed by atoms with van der Waals surface area (Å²) in [5, 5.41) is 0.523. The topological polar surface area (TPSA) is 63.7 Å². The molecule has 1 heterocycles. The Hall–Kier alpha value is -2.95. The van der Waals surface area contributed by atoms with E-state index in [0.717, 1.165) is 5.56 Å². The summed E-state index contributed by atoms with van der Waals surface area (Å²) >= 11 is 0. The average Bonchev–Trinajstić information content (AvgIpc) is 2.80. The standard InChI is InChI=1S/C18H15NO4/c1-11(2)12-6-5-7-13(10-12)18(22)23-19-16(20)14-8-3-4-9-15(14)17(19)21/h3-11H,1-2H3. The van der Waals surface area contributed by atoms with Crippen LogP contribution in [0.25, 0.3) is 0 Å². The number of carbonyl (C=O) groups is 3. The summed E-state index contributed by atoms with van der Waals surface area (Å²) in [4.78, 5) is 41.6. The summed E-state index contributed by atoms with van der Waals surface area (Å²) in [6, 6.07) is 13.3. The number of rotatable bonds is 3. The van der Waals surface area contributed by atoms with Gasteiger partial charge < -0.3 is 4.84 Å². The van der Waals surface area contributed by atoms with Gasteiger partial charge in [0, 0.05) is 0 Å². The van der Waals surface area contributed by atoms with E-state index in [0.29, 0.717) is 10.6 Å². The molecule has 0 saturated carbocycles. The number of fused-ring (bicyclic) bond motifs is 1. The molecule has 0 N–H and O–H groups in total. The third-order valence-corrected chi connectivity index (χ3v) is 3.72. The molecule has 2 aromatic carbocycles. The quantitative estimate of drug-likeness (QED) is 0.817. The summed E-state index contributed by atoms with van der Waals surface area (Å²) in [6.45, 7) is 4.02. The van der Waals surface area contributed by atoms with Crippen molar-refractivity contribution in [2.75, 3.05) is 0 Å². The van der Waals surface area contributed by atoms with E-state index in [-0.39, 0.29) is 17.0 Å². The highest BCUT2D eigenvalue weighted by atomic mass is 16.7. The van der Waals surface area contributed by atoms with Crippen LogP contribution in [0.1, 0.15) is 56.4 Å². The minimum absolute atomic E-state index is 0.237. The number of hydrogen-bond donors (Lipinski definition) is 0. The molecule has 1 aliphatic heterocycles. The molecule has 0 spiro atoms. The highest BCUT2D eigenvalue weighted by Crippen LogP contribution is 2.24.